The molecule has 2 N–H and O–H groups in total. The quantitative estimate of drug-likeness (QED) is 0.882. The van der Waals surface area contributed by atoms with Crippen LogP contribution in [0.2, 0.25) is 10.0 Å². The Hall–Kier alpha value is -0.480. The summed E-state index contributed by atoms with van der Waals surface area (Å²) in [6, 6.07) is 5.17. The van der Waals surface area contributed by atoms with Crippen LogP contribution in [0.25, 0.3) is 0 Å². The van der Waals surface area contributed by atoms with Crippen LogP contribution in [0.1, 0.15) is 23.2 Å². The molecule has 0 saturated carbocycles. The molecule has 1 amide bonds. The standard InChI is InChI=1S/C12H14Cl2N2O.ClH/c13-10-2-1-8(7-11(10)14)12(17)16-9-3-5-15-6-4-9;/h1-2,7,9,15H,3-6H2,(H,16,17);1H. The van der Waals surface area contributed by atoms with E-state index in [0.717, 1.165) is 25.9 Å². The highest BCUT2D eigenvalue weighted by molar-refractivity contribution is 6.42. The minimum Gasteiger partial charge on any atom is -0.349 e. The van der Waals surface area contributed by atoms with Gasteiger partial charge in [0.15, 0.2) is 0 Å². The third kappa shape index (κ3) is 4.02. The van der Waals surface area contributed by atoms with Crippen LogP contribution in [0.15, 0.2) is 18.2 Å². The smallest absolute Gasteiger partial charge is 0.251 e. The highest BCUT2D eigenvalue weighted by Crippen LogP contribution is 2.22. The summed E-state index contributed by atoms with van der Waals surface area (Å²) in [6.07, 6.45) is 1.93. The van der Waals surface area contributed by atoms with Crippen molar-refractivity contribution >= 4 is 41.5 Å². The van der Waals surface area contributed by atoms with Gasteiger partial charge in [-0.3, -0.25) is 4.79 Å². The molecule has 0 bridgehead atoms. The van der Waals surface area contributed by atoms with Crippen LogP contribution in [0.5, 0.6) is 0 Å². The Balaban J connectivity index is 0.00000162. The van der Waals surface area contributed by atoms with E-state index in [9.17, 15) is 4.79 Å². The summed E-state index contributed by atoms with van der Waals surface area (Å²) >= 11 is 11.7. The van der Waals surface area contributed by atoms with E-state index in [4.69, 9.17) is 23.2 Å². The summed E-state index contributed by atoms with van der Waals surface area (Å²) in [4.78, 5) is 11.9. The minimum atomic E-state index is -0.0875. The third-order valence-electron chi connectivity index (χ3n) is 2.86. The molecular weight excluding hydrogens is 295 g/mol. The van der Waals surface area contributed by atoms with E-state index < -0.39 is 0 Å². The van der Waals surface area contributed by atoms with Gasteiger partial charge in [-0.1, -0.05) is 23.2 Å². The molecule has 0 radical (unpaired) electrons. The van der Waals surface area contributed by atoms with Crippen molar-refractivity contribution < 1.29 is 4.79 Å². The van der Waals surface area contributed by atoms with E-state index in [1.54, 1.807) is 18.2 Å². The summed E-state index contributed by atoms with van der Waals surface area (Å²) in [5, 5.41) is 7.13. The Labute approximate surface area is 123 Å². The Morgan fingerprint density at radius 1 is 1.22 bits per heavy atom. The number of nitrogens with one attached hydrogen (secondary N) is 2. The van der Waals surface area contributed by atoms with E-state index in [2.05, 4.69) is 10.6 Å². The fourth-order valence-electron chi connectivity index (χ4n) is 1.87. The fraction of sp³-hybridized carbons (Fsp3) is 0.417. The van der Waals surface area contributed by atoms with Gasteiger partial charge in [-0.2, -0.15) is 0 Å². The Morgan fingerprint density at radius 2 is 1.89 bits per heavy atom. The molecule has 1 fully saturated rings. The largest absolute Gasteiger partial charge is 0.349 e. The van der Waals surface area contributed by atoms with Crippen molar-refractivity contribution in [3.8, 4) is 0 Å². The highest BCUT2D eigenvalue weighted by Gasteiger charge is 2.16. The average molecular weight is 310 g/mol. The molecule has 1 aliphatic rings. The summed E-state index contributed by atoms with van der Waals surface area (Å²) in [7, 11) is 0. The van der Waals surface area contributed by atoms with Crippen molar-refractivity contribution in [1.29, 1.82) is 0 Å². The van der Waals surface area contributed by atoms with Gasteiger partial charge in [0.2, 0.25) is 0 Å². The number of benzene rings is 1. The number of hydrogen-bond donors (Lipinski definition) is 2. The normalized spacial score (nSPS) is 15.9. The number of hydrogen-bond acceptors (Lipinski definition) is 2. The van der Waals surface area contributed by atoms with Crippen molar-refractivity contribution in [2.45, 2.75) is 18.9 Å². The van der Waals surface area contributed by atoms with E-state index in [1.807, 2.05) is 0 Å². The third-order valence-corrected chi connectivity index (χ3v) is 3.60. The van der Waals surface area contributed by atoms with Crippen molar-refractivity contribution in [1.82, 2.24) is 10.6 Å². The number of amides is 1. The van der Waals surface area contributed by atoms with E-state index in [1.165, 1.54) is 0 Å². The van der Waals surface area contributed by atoms with E-state index >= 15 is 0 Å². The lowest BCUT2D eigenvalue weighted by Gasteiger charge is -2.23. The molecule has 0 unspecified atom stereocenters. The zero-order valence-corrected chi connectivity index (χ0v) is 12.0. The van der Waals surface area contributed by atoms with Crippen LogP contribution in [0.4, 0.5) is 0 Å². The monoisotopic (exact) mass is 308 g/mol. The van der Waals surface area contributed by atoms with Crippen LogP contribution >= 0.6 is 35.6 Å². The molecule has 1 aromatic carbocycles. The van der Waals surface area contributed by atoms with Crippen molar-refractivity contribution in [3.05, 3.63) is 33.8 Å². The molecule has 100 valence electrons. The highest BCUT2D eigenvalue weighted by atomic mass is 35.5. The first kappa shape index (κ1) is 15.6. The minimum absolute atomic E-state index is 0. The summed E-state index contributed by atoms with van der Waals surface area (Å²) in [6.45, 7) is 1.90. The Bertz CT molecular complexity index is 420. The first-order chi connectivity index (χ1) is 8.16. The van der Waals surface area contributed by atoms with Gasteiger partial charge in [-0.25, -0.2) is 0 Å². The number of carbonyl (C=O) groups excluding carboxylic acids is 1. The van der Waals surface area contributed by atoms with Gasteiger partial charge in [-0.05, 0) is 44.1 Å². The number of piperidine rings is 1. The second-order valence-corrected chi connectivity index (χ2v) is 4.94. The van der Waals surface area contributed by atoms with Crippen LogP contribution in [0, 0.1) is 0 Å². The predicted octanol–water partition coefficient (Wildman–Crippen LogP) is 2.90. The lowest BCUT2D eigenvalue weighted by atomic mass is 10.1. The molecule has 1 aromatic rings. The summed E-state index contributed by atoms with van der Waals surface area (Å²) in [5.41, 5.74) is 0.554. The molecule has 1 saturated heterocycles. The zero-order chi connectivity index (χ0) is 12.3. The first-order valence-corrected chi connectivity index (χ1v) is 6.39. The average Bonchev–Trinajstić information content (AvgIpc) is 2.34. The van der Waals surface area contributed by atoms with Gasteiger partial charge in [0.1, 0.15) is 0 Å². The Morgan fingerprint density at radius 3 is 2.50 bits per heavy atom. The van der Waals surface area contributed by atoms with E-state index in [-0.39, 0.29) is 24.4 Å². The molecule has 0 spiro atoms. The summed E-state index contributed by atoms with van der Waals surface area (Å²) < 4.78 is 0. The van der Waals surface area contributed by atoms with Crippen LogP contribution in [-0.2, 0) is 0 Å². The first-order valence-electron chi connectivity index (χ1n) is 5.63. The second-order valence-electron chi connectivity index (χ2n) is 4.13. The van der Waals surface area contributed by atoms with Crippen molar-refractivity contribution in [2.24, 2.45) is 0 Å². The predicted molar refractivity (Wildman–Crippen MR) is 77.1 cm³/mol. The number of halogens is 3. The lowest BCUT2D eigenvalue weighted by molar-refractivity contribution is 0.0929. The zero-order valence-electron chi connectivity index (χ0n) is 9.71. The van der Waals surface area contributed by atoms with Crippen LogP contribution in [0.3, 0.4) is 0 Å². The van der Waals surface area contributed by atoms with Gasteiger partial charge in [0, 0.05) is 11.6 Å². The number of rotatable bonds is 2. The molecule has 3 nitrogen and oxygen atoms in total. The topological polar surface area (TPSA) is 41.1 Å². The molecule has 6 heteroatoms. The maximum atomic E-state index is 11.9. The SMILES string of the molecule is Cl.O=C(NC1CCNCC1)c1ccc(Cl)c(Cl)c1. The molecule has 0 atom stereocenters. The van der Waals surface area contributed by atoms with Crippen molar-refractivity contribution in [3.63, 3.8) is 0 Å². The van der Waals surface area contributed by atoms with Gasteiger partial charge >= 0.3 is 0 Å². The molecule has 1 heterocycles. The number of carbonyl (C=O) groups is 1. The molecule has 2 rings (SSSR count). The second kappa shape index (κ2) is 7.19. The molecule has 1 aliphatic heterocycles. The van der Waals surface area contributed by atoms with Gasteiger partial charge in [0.25, 0.3) is 5.91 Å². The lowest BCUT2D eigenvalue weighted by Crippen LogP contribution is -2.42. The molecule has 18 heavy (non-hydrogen) atoms. The molecule has 0 aromatic heterocycles. The molecule has 0 aliphatic carbocycles. The van der Waals surface area contributed by atoms with Crippen LogP contribution in [-0.4, -0.2) is 25.0 Å². The fourth-order valence-corrected chi connectivity index (χ4v) is 2.17. The van der Waals surface area contributed by atoms with Crippen molar-refractivity contribution in [2.75, 3.05) is 13.1 Å². The van der Waals surface area contributed by atoms with Gasteiger partial charge < -0.3 is 10.6 Å². The van der Waals surface area contributed by atoms with E-state index in [0.29, 0.717) is 15.6 Å². The summed E-state index contributed by atoms with van der Waals surface area (Å²) in [5.74, 6) is -0.0875. The molecular formula is C12H15Cl3N2O. The Kier molecular flexibility index (Phi) is 6.22. The van der Waals surface area contributed by atoms with Gasteiger partial charge in [0.05, 0.1) is 10.0 Å². The van der Waals surface area contributed by atoms with Gasteiger partial charge in [-0.15, -0.1) is 12.4 Å². The maximum absolute atomic E-state index is 11.9. The van der Waals surface area contributed by atoms with Crippen LogP contribution < -0.4 is 10.6 Å². The maximum Gasteiger partial charge on any atom is 0.251 e.